The molecule has 2 amide bonds. The molecule has 2 aromatic rings. The lowest BCUT2D eigenvalue weighted by atomic mass is 10.1. The van der Waals surface area contributed by atoms with Gasteiger partial charge in [0, 0.05) is 17.8 Å². The van der Waals surface area contributed by atoms with E-state index in [4.69, 9.17) is 4.74 Å². The molecule has 24 heavy (non-hydrogen) atoms. The van der Waals surface area contributed by atoms with Crippen molar-refractivity contribution in [2.75, 3.05) is 17.2 Å². The van der Waals surface area contributed by atoms with Gasteiger partial charge in [-0.25, -0.2) is 0 Å². The lowest BCUT2D eigenvalue weighted by Crippen LogP contribution is -2.20. The number of carbonyl (C=O) groups is 2. The van der Waals surface area contributed by atoms with Gasteiger partial charge in [0.1, 0.15) is 5.75 Å². The van der Waals surface area contributed by atoms with Crippen molar-refractivity contribution in [3.63, 3.8) is 0 Å². The van der Waals surface area contributed by atoms with Crippen molar-refractivity contribution < 1.29 is 14.3 Å². The summed E-state index contributed by atoms with van der Waals surface area (Å²) < 4.78 is 5.57. The zero-order valence-electron chi connectivity index (χ0n) is 14.2. The summed E-state index contributed by atoms with van der Waals surface area (Å²) in [5.74, 6) is 0.428. The Labute approximate surface area is 142 Å². The molecule has 0 aliphatic rings. The molecule has 126 valence electrons. The normalized spacial score (nSPS) is 10.1. The SMILES string of the molecule is CCC(=O)Nc1ccc(NC(=O)COc2cc(C)ccc2C)cc1. The minimum atomic E-state index is -0.235. The number of amides is 2. The van der Waals surface area contributed by atoms with Gasteiger partial charge in [-0.15, -0.1) is 0 Å². The topological polar surface area (TPSA) is 67.4 Å². The number of aryl methyl sites for hydroxylation is 2. The van der Waals surface area contributed by atoms with E-state index in [9.17, 15) is 9.59 Å². The van der Waals surface area contributed by atoms with Crippen LogP contribution < -0.4 is 15.4 Å². The summed E-state index contributed by atoms with van der Waals surface area (Å²) in [6.45, 7) is 5.65. The van der Waals surface area contributed by atoms with Gasteiger partial charge in [-0.2, -0.15) is 0 Å². The number of carbonyl (C=O) groups excluding carboxylic acids is 2. The predicted octanol–water partition coefficient (Wildman–Crippen LogP) is 3.67. The molecular weight excluding hydrogens is 304 g/mol. The van der Waals surface area contributed by atoms with Gasteiger partial charge in [0.05, 0.1) is 0 Å². The van der Waals surface area contributed by atoms with Crippen LogP contribution in [0.4, 0.5) is 11.4 Å². The van der Waals surface area contributed by atoms with E-state index in [1.54, 1.807) is 31.2 Å². The first kappa shape index (κ1) is 17.5. The molecule has 0 saturated heterocycles. The van der Waals surface area contributed by atoms with Crippen molar-refractivity contribution in [1.82, 2.24) is 0 Å². The minimum absolute atomic E-state index is 0.0475. The summed E-state index contributed by atoms with van der Waals surface area (Å²) in [4.78, 5) is 23.3. The molecule has 0 heterocycles. The van der Waals surface area contributed by atoms with Gasteiger partial charge >= 0.3 is 0 Å². The maximum atomic E-state index is 12.0. The molecule has 0 unspecified atom stereocenters. The molecular formula is C19H22N2O3. The van der Waals surface area contributed by atoms with Crippen LogP contribution in [0.25, 0.3) is 0 Å². The number of hydrogen-bond donors (Lipinski definition) is 2. The summed E-state index contributed by atoms with van der Waals surface area (Å²) >= 11 is 0. The Morgan fingerprint density at radius 2 is 1.50 bits per heavy atom. The fraction of sp³-hybridized carbons (Fsp3) is 0.263. The molecule has 5 heteroatoms. The number of nitrogens with one attached hydrogen (secondary N) is 2. The van der Waals surface area contributed by atoms with E-state index in [0.717, 1.165) is 11.1 Å². The molecule has 0 aromatic heterocycles. The molecule has 0 radical (unpaired) electrons. The second-order valence-corrected chi connectivity index (χ2v) is 5.58. The Balaban J connectivity index is 1.88. The predicted molar refractivity (Wildman–Crippen MR) is 95.4 cm³/mol. The largest absolute Gasteiger partial charge is 0.483 e. The molecule has 0 fully saturated rings. The maximum Gasteiger partial charge on any atom is 0.262 e. The summed E-state index contributed by atoms with van der Waals surface area (Å²) in [5.41, 5.74) is 3.43. The van der Waals surface area contributed by atoms with Crippen LogP contribution >= 0.6 is 0 Å². The van der Waals surface area contributed by atoms with E-state index in [1.165, 1.54) is 0 Å². The summed E-state index contributed by atoms with van der Waals surface area (Å²) in [6, 6.07) is 12.8. The molecule has 0 saturated carbocycles. The first-order chi connectivity index (χ1) is 11.5. The smallest absolute Gasteiger partial charge is 0.262 e. The van der Waals surface area contributed by atoms with Crippen LogP contribution in [0.15, 0.2) is 42.5 Å². The second-order valence-electron chi connectivity index (χ2n) is 5.58. The monoisotopic (exact) mass is 326 g/mol. The maximum absolute atomic E-state index is 12.0. The Morgan fingerprint density at radius 1 is 0.917 bits per heavy atom. The third kappa shape index (κ3) is 5.12. The lowest BCUT2D eigenvalue weighted by molar-refractivity contribution is -0.118. The molecule has 0 spiro atoms. The highest BCUT2D eigenvalue weighted by molar-refractivity contribution is 5.93. The van der Waals surface area contributed by atoms with Crippen LogP contribution in [-0.4, -0.2) is 18.4 Å². The van der Waals surface area contributed by atoms with Gasteiger partial charge in [-0.1, -0.05) is 19.1 Å². The van der Waals surface area contributed by atoms with Gasteiger partial charge in [-0.3, -0.25) is 9.59 Å². The van der Waals surface area contributed by atoms with Crippen molar-refractivity contribution in [1.29, 1.82) is 0 Å². The van der Waals surface area contributed by atoms with Crippen molar-refractivity contribution in [3.05, 3.63) is 53.6 Å². The van der Waals surface area contributed by atoms with Crippen LogP contribution in [-0.2, 0) is 9.59 Å². The molecule has 2 rings (SSSR count). The number of benzene rings is 2. The highest BCUT2D eigenvalue weighted by atomic mass is 16.5. The van der Waals surface area contributed by atoms with Crippen LogP contribution in [0, 0.1) is 13.8 Å². The number of hydrogen-bond acceptors (Lipinski definition) is 3. The Bertz CT molecular complexity index is 724. The fourth-order valence-corrected chi connectivity index (χ4v) is 2.09. The zero-order chi connectivity index (χ0) is 17.5. The average Bonchev–Trinajstić information content (AvgIpc) is 2.57. The van der Waals surface area contributed by atoms with Gasteiger partial charge < -0.3 is 15.4 Å². The first-order valence-corrected chi connectivity index (χ1v) is 7.87. The van der Waals surface area contributed by atoms with Crippen LogP contribution in [0.2, 0.25) is 0 Å². The van der Waals surface area contributed by atoms with Crippen molar-refractivity contribution in [3.8, 4) is 5.75 Å². The Morgan fingerprint density at radius 3 is 2.08 bits per heavy atom. The van der Waals surface area contributed by atoms with Crippen molar-refractivity contribution >= 4 is 23.2 Å². The minimum Gasteiger partial charge on any atom is -0.483 e. The van der Waals surface area contributed by atoms with Gasteiger partial charge in [0.15, 0.2) is 6.61 Å². The van der Waals surface area contributed by atoms with E-state index >= 15 is 0 Å². The zero-order valence-corrected chi connectivity index (χ0v) is 14.2. The third-order valence-corrected chi connectivity index (χ3v) is 3.48. The van der Waals surface area contributed by atoms with Crippen LogP contribution in [0.3, 0.4) is 0 Å². The molecule has 0 aliphatic carbocycles. The molecule has 0 atom stereocenters. The Hall–Kier alpha value is -2.82. The highest BCUT2D eigenvalue weighted by Gasteiger charge is 2.06. The summed E-state index contributed by atoms with van der Waals surface area (Å²) in [5, 5.41) is 5.52. The summed E-state index contributed by atoms with van der Waals surface area (Å²) in [6.07, 6.45) is 0.425. The quantitative estimate of drug-likeness (QED) is 0.851. The van der Waals surface area contributed by atoms with Gasteiger partial charge in [-0.05, 0) is 55.3 Å². The summed E-state index contributed by atoms with van der Waals surface area (Å²) in [7, 11) is 0. The second kappa shape index (κ2) is 8.15. The lowest BCUT2D eigenvalue weighted by Gasteiger charge is -2.11. The van der Waals surface area contributed by atoms with Crippen molar-refractivity contribution in [2.24, 2.45) is 0 Å². The Kier molecular flexibility index (Phi) is 5.95. The molecule has 0 bridgehead atoms. The van der Waals surface area contributed by atoms with Crippen LogP contribution in [0.5, 0.6) is 5.75 Å². The molecule has 5 nitrogen and oxygen atoms in total. The highest BCUT2D eigenvalue weighted by Crippen LogP contribution is 2.19. The van der Waals surface area contributed by atoms with Gasteiger partial charge in [0.2, 0.25) is 5.91 Å². The third-order valence-electron chi connectivity index (χ3n) is 3.48. The molecule has 2 aromatic carbocycles. The fourth-order valence-electron chi connectivity index (χ4n) is 2.09. The van der Waals surface area contributed by atoms with E-state index in [-0.39, 0.29) is 18.4 Å². The number of ether oxygens (including phenoxy) is 1. The van der Waals surface area contributed by atoms with Crippen LogP contribution in [0.1, 0.15) is 24.5 Å². The van der Waals surface area contributed by atoms with E-state index in [0.29, 0.717) is 23.5 Å². The van der Waals surface area contributed by atoms with Gasteiger partial charge in [0.25, 0.3) is 5.91 Å². The number of anilines is 2. The molecule has 0 aliphatic heterocycles. The first-order valence-electron chi connectivity index (χ1n) is 7.87. The van der Waals surface area contributed by atoms with E-state index < -0.39 is 0 Å². The average molecular weight is 326 g/mol. The number of rotatable bonds is 6. The molecule has 2 N–H and O–H groups in total. The van der Waals surface area contributed by atoms with E-state index in [1.807, 2.05) is 32.0 Å². The van der Waals surface area contributed by atoms with Crippen molar-refractivity contribution in [2.45, 2.75) is 27.2 Å². The standard InChI is InChI=1S/C19H22N2O3/c1-4-18(22)20-15-7-9-16(10-8-15)21-19(23)12-24-17-11-13(2)5-6-14(17)3/h5-11H,4,12H2,1-3H3,(H,20,22)(H,21,23). The van der Waals surface area contributed by atoms with E-state index in [2.05, 4.69) is 10.6 Å².